The minimum atomic E-state index is -1.54. The largest absolute Gasteiger partial charge is 0.476 e. The number of fused-ring (bicyclic) bond motifs is 1. The number of carbonyl (C=O) groups is 6. The molecule has 51 heavy (non-hydrogen) atoms. The molecule has 2 aromatic carbocycles. The normalized spacial score (nSPS) is 20.9. The van der Waals surface area contributed by atoms with Gasteiger partial charge in [0.25, 0.3) is 11.5 Å². The van der Waals surface area contributed by atoms with Gasteiger partial charge >= 0.3 is 11.9 Å². The number of aromatic nitrogens is 1. The number of thioether (sulfide) groups is 1. The van der Waals surface area contributed by atoms with E-state index < -0.39 is 82.0 Å². The average Bonchev–Trinajstić information content (AvgIpc) is 3.12. The molecule has 3 heterocycles. The molecule has 0 spiro atoms. The fourth-order valence-corrected chi connectivity index (χ4v) is 7.43. The lowest BCUT2D eigenvalue weighted by Crippen LogP contribution is -2.72. The Labute approximate surface area is 297 Å². The maximum absolute atomic E-state index is 13.5. The van der Waals surface area contributed by atoms with Gasteiger partial charge in [-0.05, 0) is 49.6 Å². The van der Waals surface area contributed by atoms with Crippen LogP contribution in [-0.2, 0) is 39.9 Å². The van der Waals surface area contributed by atoms with Crippen LogP contribution in [0.4, 0.5) is 5.69 Å². The Bertz CT molecular complexity index is 2020. The summed E-state index contributed by atoms with van der Waals surface area (Å²) in [5.74, 6) is -5.13. The SMILES string of the molecule is [2H]CC(=O)N[C@@H](C)C(=O)Nc1ccc(-c2ccc(CC3(C)S[C@@H]4C(NC(=O)[C@H](N)c5ccccc5)C(=O)N4C(C(=O)O)=C3OC(C)=O)c(=O)[nH]2)cc1. The molecule has 16 heteroatoms. The Kier molecular flexibility index (Phi) is 10.1. The molecule has 7 N–H and O–H groups in total. The van der Waals surface area contributed by atoms with Gasteiger partial charge in [-0.3, -0.25) is 33.7 Å². The molecule has 2 aliphatic heterocycles. The third-order valence-corrected chi connectivity index (χ3v) is 9.88. The molecule has 5 rings (SSSR count). The molecule has 0 bridgehead atoms. The van der Waals surface area contributed by atoms with Gasteiger partial charge in [0, 0.05) is 32.1 Å². The topological polar surface area (TPSA) is 230 Å². The number of carboxylic acid groups (broad SMARTS) is 1. The number of aliphatic carboxylic acids is 1. The number of anilines is 1. The molecule has 1 fully saturated rings. The number of nitrogens with zero attached hydrogens (tertiary/aromatic N) is 1. The number of carboxylic acids is 1. The first-order chi connectivity index (χ1) is 24.6. The zero-order chi connectivity index (χ0) is 37.9. The predicted octanol–water partition coefficient (Wildman–Crippen LogP) is 1.77. The van der Waals surface area contributed by atoms with Crippen molar-refractivity contribution in [2.45, 2.75) is 62.3 Å². The molecular weight excluding hydrogens is 680 g/mol. The number of benzene rings is 2. The maximum atomic E-state index is 13.5. The summed E-state index contributed by atoms with van der Waals surface area (Å²) < 4.78 is 11.1. The van der Waals surface area contributed by atoms with E-state index in [0.717, 1.165) is 23.6 Å². The average molecular weight is 718 g/mol. The van der Waals surface area contributed by atoms with Crippen molar-refractivity contribution in [1.29, 1.82) is 0 Å². The van der Waals surface area contributed by atoms with Crippen LogP contribution in [0, 0.1) is 0 Å². The summed E-state index contributed by atoms with van der Waals surface area (Å²) in [7, 11) is 0. The van der Waals surface area contributed by atoms with Crippen molar-refractivity contribution in [2.24, 2.45) is 5.73 Å². The first-order valence-electron chi connectivity index (χ1n) is 16.3. The summed E-state index contributed by atoms with van der Waals surface area (Å²) in [6.07, 6.45) is -0.130. The van der Waals surface area contributed by atoms with Gasteiger partial charge in [-0.2, -0.15) is 0 Å². The van der Waals surface area contributed by atoms with Crippen LogP contribution in [-0.4, -0.2) is 72.8 Å². The number of rotatable bonds is 11. The smallest absolute Gasteiger partial charge is 0.356 e. The van der Waals surface area contributed by atoms with Crippen LogP contribution in [0.25, 0.3) is 11.3 Å². The second-order valence-electron chi connectivity index (χ2n) is 12.2. The third-order valence-electron chi connectivity index (χ3n) is 8.30. The van der Waals surface area contributed by atoms with Gasteiger partial charge in [0.05, 0.1) is 4.75 Å². The van der Waals surface area contributed by atoms with Crippen LogP contribution in [0.3, 0.4) is 0 Å². The molecule has 1 aromatic heterocycles. The van der Waals surface area contributed by atoms with Gasteiger partial charge < -0.3 is 36.5 Å². The number of amides is 4. The van der Waals surface area contributed by atoms with E-state index >= 15 is 0 Å². The molecule has 0 aliphatic carbocycles. The second-order valence-corrected chi connectivity index (χ2v) is 13.8. The molecule has 5 atom stereocenters. The number of esters is 1. The monoisotopic (exact) mass is 717 g/mol. The molecule has 0 radical (unpaired) electrons. The van der Waals surface area contributed by atoms with E-state index in [1.165, 1.54) is 6.92 Å². The van der Waals surface area contributed by atoms with Crippen LogP contribution in [0.2, 0.25) is 0 Å². The Morgan fingerprint density at radius 2 is 1.75 bits per heavy atom. The molecule has 3 aromatic rings. The Morgan fingerprint density at radius 1 is 1.06 bits per heavy atom. The number of hydrogen-bond donors (Lipinski definition) is 6. The van der Waals surface area contributed by atoms with Crippen LogP contribution < -0.4 is 27.2 Å². The first-order valence-corrected chi connectivity index (χ1v) is 16.5. The van der Waals surface area contributed by atoms with Crippen LogP contribution >= 0.6 is 11.8 Å². The minimum absolute atomic E-state index is 0.130. The molecule has 0 saturated carbocycles. The van der Waals surface area contributed by atoms with E-state index in [4.69, 9.17) is 11.8 Å². The number of nitrogens with one attached hydrogen (secondary N) is 4. The predicted molar refractivity (Wildman–Crippen MR) is 186 cm³/mol. The fourth-order valence-electron chi connectivity index (χ4n) is 5.78. The zero-order valence-electron chi connectivity index (χ0n) is 28.7. The highest BCUT2D eigenvalue weighted by Gasteiger charge is 2.60. The Balaban J connectivity index is 1.38. The van der Waals surface area contributed by atoms with Gasteiger partial charge in [0.15, 0.2) is 11.5 Å². The number of H-pyrrole nitrogens is 1. The van der Waals surface area contributed by atoms with Crippen molar-refractivity contribution in [2.75, 3.05) is 5.32 Å². The second kappa shape index (κ2) is 14.6. The quantitative estimate of drug-likeness (QED) is 0.124. The highest BCUT2D eigenvalue weighted by Crippen LogP contribution is 2.51. The lowest BCUT2D eigenvalue weighted by Gasteiger charge is -2.53. The van der Waals surface area contributed by atoms with Gasteiger partial charge in [-0.25, -0.2) is 4.79 Å². The summed E-state index contributed by atoms with van der Waals surface area (Å²) in [5.41, 5.74) is 7.24. The van der Waals surface area contributed by atoms with Crippen LogP contribution in [0.5, 0.6) is 0 Å². The number of pyridine rings is 1. The third kappa shape index (κ3) is 7.71. The lowest BCUT2D eigenvalue weighted by atomic mass is 9.94. The molecule has 266 valence electrons. The highest BCUT2D eigenvalue weighted by atomic mass is 32.2. The number of nitrogens with two attached hydrogens (primary N) is 1. The fraction of sp³-hybridized carbons (Fsp3) is 0.286. The van der Waals surface area contributed by atoms with Crippen molar-refractivity contribution in [3.8, 4) is 11.3 Å². The van der Waals surface area contributed by atoms with Gasteiger partial charge in [0.2, 0.25) is 17.7 Å². The number of ether oxygens (including phenoxy) is 1. The van der Waals surface area contributed by atoms with Crippen molar-refractivity contribution >= 4 is 53.0 Å². The zero-order valence-corrected chi connectivity index (χ0v) is 28.5. The van der Waals surface area contributed by atoms with Gasteiger partial charge in [0.1, 0.15) is 23.5 Å². The lowest BCUT2D eigenvalue weighted by molar-refractivity contribution is -0.152. The van der Waals surface area contributed by atoms with E-state index in [0.29, 0.717) is 22.5 Å². The van der Waals surface area contributed by atoms with Crippen LogP contribution in [0.15, 0.2) is 83.0 Å². The molecule has 2 unspecified atom stereocenters. The van der Waals surface area contributed by atoms with E-state index in [9.17, 15) is 38.7 Å². The van der Waals surface area contributed by atoms with Crippen molar-refractivity contribution in [1.82, 2.24) is 20.5 Å². The van der Waals surface area contributed by atoms with Crippen molar-refractivity contribution in [3.05, 3.63) is 99.7 Å². The standard InChI is InChI=1S/C35H36N6O9S/c1-17(37-18(2)42)29(44)38-23-13-10-20(11-14-23)24-15-12-22(30(45)39-24)16-35(4)28(50-19(3)43)27(34(48)49)41-32(47)26(33(41)51-35)40-31(46)25(36)21-8-6-5-7-9-21/h5-15,17,25-26,33H,16,36H2,1-4H3,(H,37,42)(H,38,44)(H,39,45)(H,40,46)(H,48,49)/t17-,25+,26?,33+,35?/m0/s1/i2D. The van der Waals surface area contributed by atoms with Crippen molar-refractivity contribution in [3.63, 3.8) is 0 Å². The first kappa shape index (κ1) is 35.1. The van der Waals surface area contributed by atoms with E-state index in [1.54, 1.807) is 73.7 Å². The van der Waals surface area contributed by atoms with Gasteiger partial charge in [-0.1, -0.05) is 48.5 Å². The van der Waals surface area contributed by atoms with E-state index in [1.807, 2.05) is 0 Å². The summed E-state index contributed by atoms with van der Waals surface area (Å²) in [6.45, 7) is 3.67. The molecule has 2 aliphatic rings. The number of β-lactam (4-membered cyclic amide) rings is 1. The summed E-state index contributed by atoms with van der Waals surface area (Å²) in [5, 5.41) is 17.0. The minimum Gasteiger partial charge on any atom is -0.476 e. The molecule has 15 nitrogen and oxygen atoms in total. The number of carbonyl (C=O) groups excluding carboxylic acids is 5. The molecule has 1 saturated heterocycles. The maximum Gasteiger partial charge on any atom is 0.356 e. The van der Waals surface area contributed by atoms with E-state index in [2.05, 4.69) is 20.9 Å². The van der Waals surface area contributed by atoms with Crippen LogP contribution in [0.1, 0.15) is 46.2 Å². The number of aromatic amines is 1. The van der Waals surface area contributed by atoms with Crippen molar-refractivity contribution < 1.29 is 40.0 Å². The molecular formula is C35H36N6O9S. The summed E-state index contributed by atoms with van der Waals surface area (Å²) >= 11 is 1.06. The highest BCUT2D eigenvalue weighted by molar-refractivity contribution is 8.01. The summed E-state index contributed by atoms with van der Waals surface area (Å²) in [4.78, 5) is 92.3. The number of hydrogen-bond acceptors (Lipinski definition) is 10. The Morgan fingerprint density at radius 3 is 2.35 bits per heavy atom. The Hall–Kier alpha value is -5.74. The van der Waals surface area contributed by atoms with E-state index in [-0.39, 0.29) is 17.7 Å². The van der Waals surface area contributed by atoms with Gasteiger partial charge in [-0.15, -0.1) is 11.8 Å². The molecule has 4 amide bonds. The summed E-state index contributed by atoms with van der Waals surface area (Å²) in [6, 6.07) is 15.1.